The molecule has 0 unspecified atom stereocenters. The lowest BCUT2D eigenvalue weighted by Gasteiger charge is -2.34. The van der Waals surface area contributed by atoms with Crippen LogP contribution in [0.3, 0.4) is 0 Å². The van der Waals surface area contributed by atoms with Crippen LogP contribution in [-0.4, -0.2) is 53.4 Å². The number of carbonyl (C=O) groups is 1. The van der Waals surface area contributed by atoms with Crippen molar-refractivity contribution in [2.75, 3.05) is 32.7 Å². The molecule has 1 aromatic heterocycles. The molecule has 1 aromatic rings. The standard InChI is InChI=1S/C13H19N3O/c1-12(17)16-10-8-15(9-11-16)7-4-13-2-5-14-6-3-13/h2-3,5-6H,4,7-11H2,1H3. The van der Waals surface area contributed by atoms with Crippen LogP contribution in [-0.2, 0) is 11.2 Å². The SMILES string of the molecule is CC(=O)N1CCN(CCc2ccncc2)CC1. The van der Waals surface area contributed by atoms with Gasteiger partial charge in [-0.05, 0) is 24.1 Å². The van der Waals surface area contributed by atoms with Gasteiger partial charge in [0.25, 0.3) is 0 Å². The maximum Gasteiger partial charge on any atom is 0.219 e. The molecule has 0 aromatic carbocycles. The molecule has 0 saturated carbocycles. The Balaban J connectivity index is 1.74. The monoisotopic (exact) mass is 233 g/mol. The van der Waals surface area contributed by atoms with E-state index in [1.165, 1.54) is 5.56 Å². The molecular formula is C13H19N3O. The lowest BCUT2D eigenvalue weighted by atomic mass is 10.2. The van der Waals surface area contributed by atoms with E-state index in [1.54, 1.807) is 6.92 Å². The minimum Gasteiger partial charge on any atom is -0.340 e. The van der Waals surface area contributed by atoms with E-state index in [0.717, 1.165) is 39.1 Å². The predicted molar refractivity (Wildman–Crippen MR) is 66.6 cm³/mol. The summed E-state index contributed by atoms with van der Waals surface area (Å²) in [7, 11) is 0. The highest BCUT2D eigenvalue weighted by Crippen LogP contribution is 2.04. The Morgan fingerprint density at radius 1 is 1.24 bits per heavy atom. The summed E-state index contributed by atoms with van der Waals surface area (Å²) in [5.74, 6) is 0.193. The third kappa shape index (κ3) is 3.53. The second kappa shape index (κ2) is 5.77. The van der Waals surface area contributed by atoms with Gasteiger partial charge >= 0.3 is 0 Å². The van der Waals surface area contributed by atoms with E-state index in [1.807, 2.05) is 17.3 Å². The van der Waals surface area contributed by atoms with Crippen molar-refractivity contribution < 1.29 is 4.79 Å². The van der Waals surface area contributed by atoms with Crippen LogP contribution in [0.1, 0.15) is 12.5 Å². The van der Waals surface area contributed by atoms with E-state index in [2.05, 4.69) is 22.0 Å². The van der Waals surface area contributed by atoms with Gasteiger partial charge in [-0.3, -0.25) is 14.7 Å². The molecule has 1 amide bonds. The molecule has 4 heteroatoms. The molecule has 0 N–H and O–H groups in total. The molecule has 2 rings (SSSR count). The zero-order valence-electron chi connectivity index (χ0n) is 10.3. The molecule has 4 nitrogen and oxygen atoms in total. The number of rotatable bonds is 3. The number of nitrogens with zero attached hydrogens (tertiary/aromatic N) is 3. The van der Waals surface area contributed by atoms with E-state index in [-0.39, 0.29) is 5.91 Å². The lowest BCUT2D eigenvalue weighted by Crippen LogP contribution is -2.48. The van der Waals surface area contributed by atoms with E-state index in [4.69, 9.17) is 0 Å². The first kappa shape index (κ1) is 12.0. The van der Waals surface area contributed by atoms with Crippen LogP contribution in [0, 0.1) is 0 Å². The quantitative estimate of drug-likeness (QED) is 0.774. The summed E-state index contributed by atoms with van der Waals surface area (Å²) in [6.07, 6.45) is 4.73. The van der Waals surface area contributed by atoms with Gasteiger partial charge in [-0.1, -0.05) is 0 Å². The molecule has 1 fully saturated rings. The first-order valence-corrected chi connectivity index (χ1v) is 6.12. The maximum atomic E-state index is 11.2. The Morgan fingerprint density at radius 3 is 2.47 bits per heavy atom. The second-order valence-electron chi connectivity index (χ2n) is 4.45. The summed E-state index contributed by atoms with van der Waals surface area (Å²) in [5, 5.41) is 0. The van der Waals surface area contributed by atoms with Crippen LogP contribution < -0.4 is 0 Å². The Hall–Kier alpha value is -1.42. The number of aromatic nitrogens is 1. The lowest BCUT2D eigenvalue weighted by molar-refractivity contribution is -0.130. The van der Waals surface area contributed by atoms with Crippen molar-refractivity contribution in [3.05, 3.63) is 30.1 Å². The average molecular weight is 233 g/mol. The molecule has 17 heavy (non-hydrogen) atoms. The summed E-state index contributed by atoms with van der Waals surface area (Å²) in [5.41, 5.74) is 1.33. The van der Waals surface area contributed by atoms with Crippen LogP contribution in [0.25, 0.3) is 0 Å². The van der Waals surface area contributed by atoms with Crippen molar-refractivity contribution in [3.63, 3.8) is 0 Å². The fourth-order valence-corrected chi connectivity index (χ4v) is 2.12. The van der Waals surface area contributed by atoms with Crippen molar-refractivity contribution in [2.45, 2.75) is 13.3 Å². The van der Waals surface area contributed by atoms with Crippen molar-refractivity contribution in [1.29, 1.82) is 0 Å². The molecule has 1 aliphatic rings. The Bertz CT molecular complexity index is 358. The minimum absolute atomic E-state index is 0.193. The summed E-state index contributed by atoms with van der Waals surface area (Å²) < 4.78 is 0. The smallest absolute Gasteiger partial charge is 0.219 e. The number of piperazine rings is 1. The van der Waals surface area contributed by atoms with Crippen LogP contribution in [0.4, 0.5) is 0 Å². The third-order valence-corrected chi connectivity index (χ3v) is 3.28. The van der Waals surface area contributed by atoms with Crippen molar-refractivity contribution in [1.82, 2.24) is 14.8 Å². The first-order chi connectivity index (χ1) is 8.25. The fraction of sp³-hybridized carbons (Fsp3) is 0.538. The van der Waals surface area contributed by atoms with Gasteiger partial charge in [-0.2, -0.15) is 0 Å². The van der Waals surface area contributed by atoms with Crippen LogP contribution >= 0.6 is 0 Å². The zero-order valence-corrected chi connectivity index (χ0v) is 10.3. The van der Waals surface area contributed by atoms with Gasteiger partial charge in [0.2, 0.25) is 5.91 Å². The highest BCUT2D eigenvalue weighted by Gasteiger charge is 2.17. The fourth-order valence-electron chi connectivity index (χ4n) is 2.12. The first-order valence-electron chi connectivity index (χ1n) is 6.12. The van der Waals surface area contributed by atoms with Crippen molar-refractivity contribution in [3.8, 4) is 0 Å². The van der Waals surface area contributed by atoms with Crippen LogP contribution in [0.5, 0.6) is 0 Å². The summed E-state index contributed by atoms with van der Waals surface area (Å²) in [6, 6.07) is 4.12. The molecule has 0 radical (unpaired) electrons. The van der Waals surface area contributed by atoms with Gasteiger partial charge in [0.05, 0.1) is 0 Å². The molecular weight excluding hydrogens is 214 g/mol. The number of carbonyl (C=O) groups excluding carboxylic acids is 1. The zero-order chi connectivity index (χ0) is 12.1. The molecule has 0 atom stereocenters. The van der Waals surface area contributed by atoms with Crippen molar-refractivity contribution >= 4 is 5.91 Å². The van der Waals surface area contributed by atoms with Gasteiger partial charge in [-0.25, -0.2) is 0 Å². The molecule has 2 heterocycles. The molecule has 0 bridgehead atoms. The normalized spacial score (nSPS) is 17.1. The topological polar surface area (TPSA) is 36.4 Å². The largest absolute Gasteiger partial charge is 0.340 e. The molecule has 0 aliphatic carbocycles. The maximum absolute atomic E-state index is 11.2. The highest BCUT2D eigenvalue weighted by atomic mass is 16.2. The number of pyridine rings is 1. The summed E-state index contributed by atoms with van der Waals surface area (Å²) in [4.78, 5) is 19.5. The number of hydrogen-bond donors (Lipinski definition) is 0. The van der Waals surface area contributed by atoms with Gasteiger partial charge in [-0.15, -0.1) is 0 Å². The Kier molecular flexibility index (Phi) is 4.09. The van der Waals surface area contributed by atoms with Gasteiger partial charge in [0.1, 0.15) is 0 Å². The van der Waals surface area contributed by atoms with E-state index >= 15 is 0 Å². The molecule has 92 valence electrons. The van der Waals surface area contributed by atoms with Gasteiger partial charge < -0.3 is 4.90 Å². The van der Waals surface area contributed by atoms with Crippen LogP contribution in [0.15, 0.2) is 24.5 Å². The third-order valence-electron chi connectivity index (χ3n) is 3.28. The highest BCUT2D eigenvalue weighted by molar-refractivity contribution is 5.73. The predicted octanol–water partition coefficient (Wildman–Crippen LogP) is 0.788. The second-order valence-corrected chi connectivity index (χ2v) is 4.45. The molecule has 0 spiro atoms. The Morgan fingerprint density at radius 2 is 1.88 bits per heavy atom. The van der Waals surface area contributed by atoms with E-state index < -0.39 is 0 Å². The molecule has 1 saturated heterocycles. The van der Waals surface area contributed by atoms with E-state index in [0.29, 0.717) is 0 Å². The minimum atomic E-state index is 0.193. The average Bonchev–Trinajstić information content (AvgIpc) is 2.38. The number of hydrogen-bond acceptors (Lipinski definition) is 3. The number of amides is 1. The summed E-state index contributed by atoms with van der Waals surface area (Å²) >= 11 is 0. The Labute approximate surface area is 102 Å². The van der Waals surface area contributed by atoms with Gasteiger partial charge in [0, 0.05) is 52.0 Å². The summed E-state index contributed by atoms with van der Waals surface area (Å²) in [6.45, 7) is 6.43. The van der Waals surface area contributed by atoms with Crippen LogP contribution in [0.2, 0.25) is 0 Å². The molecule has 1 aliphatic heterocycles. The van der Waals surface area contributed by atoms with Gasteiger partial charge in [0.15, 0.2) is 0 Å². The van der Waals surface area contributed by atoms with Crippen molar-refractivity contribution in [2.24, 2.45) is 0 Å². The van der Waals surface area contributed by atoms with E-state index in [9.17, 15) is 4.79 Å².